The molecule has 1 aliphatic heterocycles. The zero-order valence-electron chi connectivity index (χ0n) is 15.3. The SMILES string of the molecule is O=C(Cn1ccc(-c2ccc(Cl)s2)n1)N1CCOC(COc2cccnc2Cl)C1. The van der Waals surface area contributed by atoms with Gasteiger partial charge < -0.3 is 14.4 Å². The zero-order valence-corrected chi connectivity index (χ0v) is 17.7. The van der Waals surface area contributed by atoms with Crippen molar-refractivity contribution in [1.82, 2.24) is 19.7 Å². The quantitative estimate of drug-likeness (QED) is 0.534. The topological polar surface area (TPSA) is 69.5 Å². The minimum atomic E-state index is -0.231. The van der Waals surface area contributed by atoms with Gasteiger partial charge in [0.25, 0.3) is 0 Å². The van der Waals surface area contributed by atoms with Crippen LogP contribution in [0.25, 0.3) is 10.6 Å². The van der Waals surface area contributed by atoms with Gasteiger partial charge in [-0.05, 0) is 30.3 Å². The van der Waals surface area contributed by atoms with Gasteiger partial charge in [0, 0.05) is 18.9 Å². The van der Waals surface area contributed by atoms with Gasteiger partial charge in [-0.25, -0.2) is 4.98 Å². The molecule has 1 atom stereocenters. The van der Waals surface area contributed by atoms with Crippen molar-refractivity contribution < 1.29 is 14.3 Å². The molecule has 1 saturated heterocycles. The van der Waals surface area contributed by atoms with E-state index in [0.717, 1.165) is 10.6 Å². The van der Waals surface area contributed by atoms with Gasteiger partial charge in [-0.15, -0.1) is 11.3 Å². The Kier molecular flexibility index (Phi) is 6.34. The first-order valence-electron chi connectivity index (χ1n) is 9.00. The number of morpholine rings is 1. The minimum absolute atomic E-state index is 0.0171. The van der Waals surface area contributed by atoms with E-state index in [1.54, 1.807) is 34.1 Å². The average Bonchev–Trinajstić information content (AvgIpc) is 3.36. The summed E-state index contributed by atoms with van der Waals surface area (Å²) in [5.74, 6) is 0.482. The van der Waals surface area contributed by atoms with Crippen molar-refractivity contribution in [2.24, 2.45) is 0 Å². The average molecular weight is 453 g/mol. The van der Waals surface area contributed by atoms with E-state index in [1.165, 1.54) is 11.3 Å². The lowest BCUT2D eigenvalue weighted by Crippen LogP contribution is -2.48. The molecule has 152 valence electrons. The van der Waals surface area contributed by atoms with Crippen LogP contribution in [0.15, 0.2) is 42.7 Å². The van der Waals surface area contributed by atoms with Crippen LogP contribution < -0.4 is 4.74 Å². The van der Waals surface area contributed by atoms with Gasteiger partial charge in [-0.3, -0.25) is 9.48 Å². The van der Waals surface area contributed by atoms with Crippen LogP contribution in [0.5, 0.6) is 5.75 Å². The highest BCUT2D eigenvalue weighted by Crippen LogP contribution is 2.29. The molecule has 0 aliphatic carbocycles. The molecule has 3 aromatic rings. The summed E-state index contributed by atoms with van der Waals surface area (Å²) < 4.78 is 13.8. The number of halogens is 2. The van der Waals surface area contributed by atoms with Gasteiger partial charge in [-0.2, -0.15) is 5.10 Å². The molecule has 1 unspecified atom stereocenters. The first kappa shape index (κ1) is 20.2. The highest BCUT2D eigenvalue weighted by atomic mass is 35.5. The van der Waals surface area contributed by atoms with E-state index in [4.69, 9.17) is 32.7 Å². The summed E-state index contributed by atoms with van der Waals surface area (Å²) in [6.45, 7) is 1.91. The summed E-state index contributed by atoms with van der Waals surface area (Å²) in [6, 6.07) is 9.13. The zero-order chi connectivity index (χ0) is 20.2. The number of amides is 1. The number of carbonyl (C=O) groups is 1. The van der Waals surface area contributed by atoms with Gasteiger partial charge in [0.05, 0.1) is 22.4 Å². The highest BCUT2D eigenvalue weighted by Gasteiger charge is 2.25. The Morgan fingerprint density at radius 3 is 3.00 bits per heavy atom. The van der Waals surface area contributed by atoms with Gasteiger partial charge in [0.15, 0.2) is 10.9 Å². The van der Waals surface area contributed by atoms with Crippen molar-refractivity contribution in [3.05, 3.63) is 52.2 Å². The Balaban J connectivity index is 1.32. The summed E-state index contributed by atoms with van der Waals surface area (Å²) in [5, 5.41) is 4.78. The molecule has 7 nitrogen and oxygen atoms in total. The minimum Gasteiger partial charge on any atom is -0.488 e. The number of hydrogen-bond acceptors (Lipinski definition) is 6. The van der Waals surface area contributed by atoms with Crippen LogP contribution in [0.4, 0.5) is 0 Å². The predicted octanol–water partition coefficient (Wildman–Crippen LogP) is 3.62. The molecule has 0 aromatic carbocycles. The van der Waals surface area contributed by atoms with E-state index < -0.39 is 0 Å². The fourth-order valence-corrected chi connectivity index (χ4v) is 4.16. The predicted molar refractivity (Wildman–Crippen MR) is 112 cm³/mol. The summed E-state index contributed by atoms with van der Waals surface area (Å²) >= 11 is 13.4. The third kappa shape index (κ3) is 5.08. The summed E-state index contributed by atoms with van der Waals surface area (Å²) in [6.07, 6.45) is 3.16. The smallest absolute Gasteiger partial charge is 0.244 e. The van der Waals surface area contributed by atoms with E-state index >= 15 is 0 Å². The summed E-state index contributed by atoms with van der Waals surface area (Å²) in [5.41, 5.74) is 0.802. The van der Waals surface area contributed by atoms with E-state index in [0.29, 0.717) is 41.5 Å². The van der Waals surface area contributed by atoms with Crippen LogP contribution in [0.2, 0.25) is 9.49 Å². The lowest BCUT2D eigenvalue weighted by atomic mass is 10.2. The fourth-order valence-electron chi connectivity index (χ4n) is 2.98. The number of thiophene rings is 1. The molecule has 4 rings (SSSR count). The Bertz CT molecular complexity index is 993. The van der Waals surface area contributed by atoms with Crippen molar-refractivity contribution in [3.63, 3.8) is 0 Å². The number of rotatable bonds is 6. The molecule has 0 radical (unpaired) electrons. The van der Waals surface area contributed by atoms with Gasteiger partial charge >= 0.3 is 0 Å². The van der Waals surface area contributed by atoms with E-state index in [9.17, 15) is 4.79 Å². The molecule has 1 aliphatic rings. The van der Waals surface area contributed by atoms with E-state index in [-0.39, 0.29) is 18.6 Å². The monoisotopic (exact) mass is 452 g/mol. The number of hydrogen-bond donors (Lipinski definition) is 0. The highest BCUT2D eigenvalue weighted by molar-refractivity contribution is 7.19. The first-order chi connectivity index (χ1) is 14.1. The second kappa shape index (κ2) is 9.13. The van der Waals surface area contributed by atoms with Crippen molar-refractivity contribution in [3.8, 4) is 16.3 Å². The third-order valence-corrected chi connectivity index (χ3v) is 5.94. The van der Waals surface area contributed by atoms with Crippen LogP contribution in [0, 0.1) is 0 Å². The van der Waals surface area contributed by atoms with Crippen LogP contribution in [0.1, 0.15) is 0 Å². The molecule has 0 N–H and O–H groups in total. The fraction of sp³-hybridized carbons (Fsp3) is 0.316. The molecule has 4 heterocycles. The molecule has 1 fully saturated rings. The molecule has 3 aromatic heterocycles. The van der Waals surface area contributed by atoms with Gasteiger partial charge in [0.2, 0.25) is 5.91 Å². The molecule has 29 heavy (non-hydrogen) atoms. The van der Waals surface area contributed by atoms with Crippen LogP contribution in [0.3, 0.4) is 0 Å². The van der Waals surface area contributed by atoms with Crippen LogP contribution in [-0.2, 0) is 16.1 Å². The Labute approximate surface area is 181 Å². The Morgan fingerprint density at radius 2 is 2.21 bits per heavy atom. The molecular formula is C19H18Cl2N4O3S. The number of carbonyl (C=O) groups excluding carboxylic acids is 1. The van der Waals surface area contributed by atoms with Crippen molar-refractivity contribution in [1.29, 1.82) is 0 Å². The molecule has 0 spiro atoms. The van der Waals surface area contributed by atoms with E-state index in [1.807, 2.05) is 18.2 Å². The third-order valence-electron chi connectivity index (χ3n) is 4.40. The maximum Gasteiger partial charge on any atom is 0.244 e. The maximum atomic E-state index is 12.7. The van der Waals surface area contributed by atoms with Crippen LogP contribution >= 0.6 is 34.5 Å². The lowest BCUT2D eigenvalue weighted by molar-refractivity contribution is -0.140. The Morgan fingerprint density at radius 1 is 1.31 bits per heavy atom. The van der Waals surface area contributed by atoms with Crippen molar-refractivity contribution >= 4 is 40.4 Å². The van der Waals surface area contributed by atoms with Crippen molar-refractivity contribution in [2.75, 3.05) is 26.3 Å². The number of nitrogens with zero attached hydrogens (tertiary/aromatic N) is 4. The largest absolute Gasteiger partial charge is 0.488 e. The molecular weight excluding hydrogens is 435 g/mol. The maximum absolute atomic E-state index is 12.7. The molecule has 1 amide bonds. The normalized spacial score (nSPS) is 16.8. The molecule has 0 bridgehead atoms. The van der Waals surface area contributed by atoms with Gasteiger partial charge in [-0.1, -0.05) is 23.2 Å². The first-order valence-corrected chi connectivity index (χ1v) is 10.6. The second-order valence-electron chi connectivity index (χ2n) is 6.44. The summed E-state index contributed by atoms with van der Waals surface area (Å²) in [7, 11) is 0. The summed E-state index contributed by atoms with van der Waals surface area (Å²) in [4.78, 5) is 19.4. The Hall–Kier alpha value is -2.13. The lowest BCUT2D eigenvalue weighted by Gasteiger charge is -2.32. The standard InChI is InChI=1S/C19H18Cl2N4O3S/c20-17-4-3-16(29-17)14-5-7-25(23-14)11-18(26)24-8-9-27-13(10-24)12-28-15-2-1-6-22-19(15)21/h1-7,13H,8-12H2. The van der Waals surface area contributed by atoms with Crippen LogP contribution in [-0.4, -0.2) is 58.0 Å². The molecule has 0 saturated carbocycles. The number of pyridine rings is 1. The van der Waals surface area contributed by atoms with Crippen molar-refractivity contribution in [2.45, 2.75) is 12.6 Å². The second-order valence-corrected chi connectivity index (χ2v) is 8.51. The number of aromatic nitrogens is 3. The molecule has 10 heteroatoms. The van der Waals surface area contributed by atoms with Gasteiger partial charge in [0.1, 0.15) is 24.9 Å². The van der Waals surface area contributed by atoms with E-state index in [2.05, 4.69) is 10.1 Å². The number of ether oxygens (including phenoxy) is 2.